The molecule has 0 radical (unpaired) electrons. The van der Waals surface area contributed by atoms with Gasteiger partial charge < -0.3 is 9.64 Å². The minimum Gasteiger partial charge on any atom is -0.459 e. The minimum absolute atomic E-state index is 0.194. The SMILES string of the molecule is CC(C)(C)OC(=O)CN1C=NCC1. The highest BCUT2D eigenvalue weighted by Crippen LogP contribution is 2.07. The van der Waals surface area contributed by atoms with Crippen LogP contribution in [0.2, 0.25) is 0 Å². The van der Waals surface area contributed by atoms with E-state index < -0.39 is 5.60 Å². The Hall–Kier alpha value is -1.06. The van der Waals surface area contributed by atoms with Crippen LogP contribution in [-0.4, -0.2) is 42.4 Å². The van der Waals surface area contributed by atoms with E-state index in [1.54, 1.807) is 6.34 Å². The van der Waals surface area contributed by atoms with Crippen molar-refractivity contribution >= 4 is 12.3 Å². The lowest BCUT2D eigenvalue weighted by atomic mass is 10.2. The largest absolute Gasteiger partial charge is 0.459 e. The number of hydrogen-bond donors (Lipinski definition) is 0. The first kappa shape index (κ1) is 10.0. The van der Waals surface area contributed by atoms with E-state index in [4.69, 9.17) is 4.74 Å². The predicted molar refractivity (Wildman–Crippen MR) is 50.8 cm³/mol. The third-order valence-corrected chi connectivity index (χ3v) is 1.51. The van der Waals surface area contributed by atoms with Crippen molar-refractivity contribution < 1.29 is 9.53 Å². The van der Waals surface area contributed by atoms with Crippen LogP contribution in [-0.2, 0) is 9.53 Å². The molecule has 0 atom stereocenters. The van der Waals surface area contributed by atoms with Gasteiger partial charge in [-0.25, -0.2) is 0 Å². The van der Waals surface area contributed by atoms with Gasteiger partial charge in [0.05, 0.1) is 12.9 Å². The zero-order valence-electron chi connectivity index (χ0n) is 8.41. The molecule has 1 aliphatic heterocycles. The molecule has 74 valence electrons. The molecule has 0 fully saturated rings. The highest BCUT2D eigenvalue weighted by atomic mass is 16.6. The second-order valence-electron chi connectivity index (χ2n) is 4.08. The van der Waals surface area contributed by atoms with Crippen molar-refractivity contribution in [3.05, 3.63) is 0 Å². The minimum atomic E-state index is -0.395. The van der Waals surface area contributed by atoms with Gasteiger partial charge in [-0.3, -0.25) is 9.79 Å². The molecule has 4 heteroatoms. The van der Waals surface area contributed by atoms with Gasteiger partial charge >= 0.3 is 5.97 Å². The zero-order chi connectivity index (χ0) is 9.90. The molecular formula is C9H16N2O2. The van der Waals surface area contributed by atoms with Crippen LogP contribution < -0.4 is 0 Å². The molecule has 0 N–H and O–H groups in total. The van der Waals surface area contributed by atoms with Crippen molar-refractivity contribution in [1.82, 2.24) is 4.90 Å². The first-order valence-corrected chi connectivity index (χ1v) is 4.43. The number of hydrogen-bond acceptors (Lipinski definition) is 4. The molecule has 0 spiro atoms. The van der Waals surface area contributed by atoms with Crippen LogP contribution in [0.25, 0.3) is 0 Å². The summed E-state index contributed by atoms with van der Waals surface area (Å²) in [5, 5.41) is 0. The lowest BCUT2D eigenvalue weighted by molar-refractivity contribution is -0.155. The van der Waals surface area contributed by atoms with Crippen molar-refractivity contribution in [2.75, 3.05) is 19.6 Å². The molecule has 0 aromatic rings. The van der Waals surface area contributed by atoms with Crippen LogP contribution in [0.15, 0.2) is 4.99 Å². The van der Waals surface area contributed by atoms with E-state index in [0.717, 1.165) is 13.1 Å². The average molecular weight is 184 g/mol. The number of nitrogens with zero attached hydrogens (tertiary/aromatic N) is 2. The molecule has 13 heavy (non-hydrogen) atoms. The Morgan fingerprint density at radius 3 is 2.77 bits per heavy atom. The lowest BCUT2D eigenvalue weighted by Gasteiger charge is -2.21. The summed E-state index contributed by atoms with van der Waals surface area (Å²) < 4.78 is 5.16. The highest BCUT2D eigenvalue weighted by molar-refractivity contribution is 5.75. The molecule has 0 aliphatic carbocycles. The summed E-state index contributed by atoms with van der Waals surface area (Å²) in [6.07, 6.45) is 1.70. The van der Waals surface area contributed by atoms with Crippen LogP contribution in [0.3, 0.4) is 0 Å². The molecule has 0 saturated heterocycles. The van der Waals surface area contributed by atoms with Crippen LogP contribution >= 0.6 is 0 Å². The Morgan fingerprint density at radius 1 is 1.62 bits per heavy atom. The van der Waals surface area contributed by atoms with Gasteiger partial charge in [0.25, 0.3) is 0 Å². The smallest absolute Gasteiger partial charge is 0.326 e. The average Bonchev–Trinajstić information content (AvgIpc) is 2.34. The van der Waals surface area contributed by atoms with Gasteiger partial charge in [0.15, 0.2) is 0 Å². The number of esters is 1. The maximum absolute atomic E-state index is 11.3. The summed E-state index contributed by atoms with van der Waals surface area (Å²) in [4.78, 5) is 17.2. The molecule has 1 aliphatic rings. The fourth-order valence-electron chi connectivity index (χ4n) is 1.08. The standard InChI is InChI=1S/C9H16N2O2/c1-9(2,3)13-8(12)6-11-5-4-10-7-11/h7H,4-6H2,1-3H3. The van der Waals surface area contributed by atoms with Crippen molar-refractivity contribution in [1.29, 1.82) is 0 Å². The Kier molecular flexibility index (Phi) is 2.90. The molecule has 0 amide bonds. The number of carbonyl (C=O) groups excluding carboxylic acids is 1. The predicted octanol–water partition coefficient (Wildman–Crippen LogP) is 0.672. The van der Waals surface area contributed by atoms with Crippen LogP contribution in [0.4, 0.5) is 0 Å². The van der Waals surface area contributed by atoms with Crippen LogP contribution in [0, 0.1) is 0 Å². The maximum Gasteiger partial charge on any atom is 0.326 e. The highest BCUT2D eigenvalue weighted by Gasteiger charge is 2.18. The Labute approximate surface area is 78.6 Å². The van der Waals surface area contributed by atoms with Gasteiger partial charge in [0.1, 0.15) is 12.1 Å². The summed E-state index contributed by atoms with van der Waals surface area (Å²) in [5.74, 6) is -0.194. The van der Waals surface area contributed by atoms with E-state index in [0.29, 0.717) is 6.54 Å². The van der Waals surface area contributed by atoms with Crippen molar-refractivity contribution in [2.45, 2.75) is 26.4 Å². The number of rotatable bonds is 2. The molecule has 4 nitrogen and oxygen atoms in total. The summed E-state index contributed by atoms with van der Waals surface area (Å²) in [6, 6.07) is 0. The molecule has 1 rings (SSSR count). The summed E-state index contributed by atoms with van der Waals surface area (Å²) in [5.41, 5.74) is -0.395. The maximum atomic E-state index is 11.3. The fourth-order valence-corrected chi connectivity index (χ4v) is 1.08. The number of ether oxygens (including phenoxy) is 1. The van der Waals surface area contributed by atoms with Crippen molar-refractivity contribution in [3.63, 3.8) is 0 Å². The van der Waals surface area contributed by atoms with E-state index in [2.05, 4.69) is 4.99 Å². The monoisotopic (exact) mass is 184 g/mol. The van der Waals surface area contributed by atoms with Gasteiger partial charge in [0, 0.05) is 6.54 Å². The molecule has 0 unspecified atom stereocenters. The summed E-state index contributed by atoms with van der Waals surface area (Å²) in [6.45, 7) is 7.50. The van der Waals surface area contributed by atoms with Crippen LogP contribution in [0.5, 0.6) is 0 Å². The molecule has 0 bridgehead atoms. The van der Waals surface area contributed by atoms with E-state index in [1.807, 2.05) is 25.7 Å². The first-order valence-electron chi connectivity index (χ1n) is 4.43. The topological polar surface area (TPSA) is 41.9 Å². The Bertz CT molecular complexity index is 218. The summed E-state index contributed by atoms with van der Waals surface area (Å²) in [7, 11) is 0. The Balaban J connectivity index is 2.29. The molecule has 0 saturated carbocycles. The lowest BCUT2D eigenvalue weighted by Crippen LogP contribution is -2.33. The van der Waals surface area contributed by atoms with Crippen LogP contribution in [0.1, 0.15) is 20.8 Å². The van der Waals surface area contributed by atoms with E-state index >= 15 is 0 Å². The quantitative estimate of drug-likeness (QED) is 0.592. The molecule has 1 heterocycles. The fraction of sp³-hybridized carbons (Fsp3) is 0.778. The molecule has 0 aromatic heterocycles. The number of aliphatic imine (C=N–C) groups is 1. The third-order valence-electron chi connectivity index (χ3n) is 1.51. The second kappa shape index (κ2) is 3.77. The van der Waals surface area contributed by atoms with E-state index in [1.165, 1.54) is 0 Å². The normalized spacial score (nSPS) is 16.4. The van der Waals surface area contributed by atoms with Gasteiger partial charge in [0.2, 0.25) is 0 Å². The van der Waals surface area contributed by atoms with Gasteiger partial charge in [-0.05, 0) is 20.8 Å². The first-order chi connectivity index (χ1) is 5.97. The summed E-state index contributed by atoms with van der Waals surface area (Å²) >= 11 is 0. The van der Waals surface area contributed by atoms with Gasteiger partial charge in [-0.1, -0.05) is 0 Å². The Morgan fingerprint density at radius 2 is 2.31 bits per heavy atom. The zero-order valence-corrected chi connectivity index (χ0v) is 8.41. The molecular weight excluding hydrogens is 168 g/mol. The number of carbonyl (C=O) groups is 1. The van der Waals surface area contributed by atoms with E-state index in [-0.39, 0.29) is 5.97 Å². The van der Waals surface area contributed by atoms with E-state index in [9.17, 15) is 4.79 Å². The van der Waals surface area contributed by atoms with Gasteiger partial charge in [-0.15, -0.1) is 0 Å². The third kappa shape index (κ3) is 3.92. The second-order valence-corrected chi connectivity index (χ2v) is 4.08. The van der Waals surface area contributed by atoms with Gasteiger partial charge in [-0.2, -0.15) is 0 Å². The molecule has 0 aromatic carbocycles. The van der Waals surface area contributed by atoms with Crippen molar-refractivity contribution in [2.24, 2.45) is 4.99 Å². The van der Waals surface area contributed by atoms with Crippen molar-refractivity contribution in [3.8, 4) is 0 Å².